The highest BCUT2D eigenvalue weighted by Gasteiger charge is 2.15. The first kappa shape index (κ1) is 16.2. The van der Waals surface area contributed by atoms with E-state index in [2.05, 4.69) is 24.9 Å². The summed E-state index contributed by atoms with van der Waals surface area (Å²) in [6.45, 7) is 0. The molecule has 0 aliphatic carbocycles. The maximum absolute atomic E-state index is 6.08. The van der Waals surface area contributed by atoms with E-state index in [4.69, 9.17) is 16.6 Å². The molecule has 0 N–H and O–H groups in total. The van der Waals surface area contributed by atoms with Crippen molar-refractivity contribution in [3.05, 3.63) is 60.1 Å². The van der Waals surface area contributed by atoms with E-state index in [1.165, 1.54) is 23.5 Å². The predicted octanol–water partition coefficient (Wildman–Crippen LogP) is 4.17. The number of aromatic nitrogens is 6. The van der Waals surface area contributed by atoms with Crippen LogP contribution in [0.5, 0.6) is 0 Å². The minimum Gasteiger partial charge on any atom is -0.236 e. The standard InChI is InChI=1S/C16H9ClN6S2/c17-10-3-4-11-12(9-10)23-14(25-16-20-7-2-8-21-16)13(22-11)24-15-18-5-1-6-19-15/h1-9H. The lowest BCUT2D eigenvalue weighted by Crippen LogP contribution is -1.95. The third-order valence-electron chi connectivity index (χ3n) is 3.02. The highest BCUT2D eigenvalue weighted by atomic mass is 35.5. The van der Waals surface area contributed by atoms with Gasteiger partial charge in [0.05, 0.1) is 11.0 Å². The summed E-state index contributed by atoms with van der Waals surface area (Å²) in [6, 6.07) is 8.95. The molecule has 122 valence electrons. The summed E-state index contributed by atoms with van der Waals surface area (Å²) in [6.07, 6.45) is 6.76. The van der Waals surface area contributed by atoms with Crippen LogP contribution in [0.3, 0.4) is 0 Å². The fraction of sp³-hybridized carbons (Fsp3) is 0. The van der Waals surface area contributed by atoms with Gasteiger partial charge < -0.3 is 0 Å². The van der Waals surface area contributed by atoms with E-state index in [-0.39, 0.29) is 0 Å². The van der Waals surface area contributed by atoms with Gasteiger partial charge in [-0.1, -0.05) is 11.6 Å². The zero-order valence-electron chi connectivity index (χ0n) is 12.6. The minimum atomic E-state index is 0.592. The molecule has 0 atom stereocenters. The van der Waals surface area contributed by atoms with E-state index in [9.17, 15) is 0 Å². The van der Waals surface area contributed by atoms with Crippen LogP contribution in [0.1, 0.15) is 0 Å². The third-order valence-corrected chi connectivity index (χ3v) is 5.13. The van der Waals surface area contributed by atoms with Crippen LogP contribution < -0.4 is 0 Å². The molecule has 0 bridgehead atoms. The Hall–Kier alpha value is -2.29. The molecule has 0 spiro atoms. The molecule has 0 saturated carbocycles. The average Bonchev–Trinajstić information content (AvgIpc) is 2.64. The van der Waals surface area contributed by atoms with Crippen molar-refractivity contribution in [1.29, 1.82) is 0 Å². The quantitative estimate of drug-likeness (QED) is 0.485. The van der Waals surface area contributed by atoms with Crippen LogP contribution in [0, 0.1) is 0 Å². The van der Waals surface area contributed by atoms with Gasteiger partial charge >= 0.3 is 0 Å². The first-order chi connectivity index (χ1) is 12.3. The second kappa shape index (κ2) is 7.30. The van der Waals surface area contributed by atoms with Crippen molar-refractivity contribution in [3.8, 4) is 0 Å². The highest BCUT2D eigenvalue weighted by Crippen LogP contribution is 2.35. The molecule has 0 saturated heterocycles. The molecule has 0 aliphatic heterocycles. The van der Waals surface area contributed by atoms with Crippen LogP contribution >= 0.6 is 35.1 Å². The van der Waals surface area contributed by atoms with Gasteiger partial charge in [0, 0.05) is 29.8 Å². The van der Waals surface area contributed by atoms with Crippen LogP contribution in [-0.4, -0.2) is 29.9 Å². The van der Waals surface area contributed by atoms with E-state index in [1.807, 2.05) is 6.07 Å². The number of nitrogens with zero attached hydrogens (tertiary/aromatic N) is 6. The van der Waals surface area contributed by atoms with Crippen LogP contribution in [0.25, 0.3) is 11.0 Å². The summed E-state index contributed by atoms with van der Waals surface area (Å²) in [4.78, 5) is 26.3. The maximum atomic E-state index is 6.08. The lowest BCUT2D eigenvalue weighted by Gasteiger charge is -2.08. The van der Waals surface area contributed by atoms with Crippen LogP contribution in [0.2, 0.25) is 5.02 Å². The van der Waals surface area contributed by atoms with E-state index in [1.54, 1.807) is 49.1 Å². The Morgan fingerprint density at radius 1 is 0.680 bits per heavy atom. The molecular formula is C16H9ClN6S2. The molecule has 6 nitrogen and oxygen atoms in total. The number of fused-ring (bicyclic) bond motifs is 1. The topological polar surface area (TPSA) is 77.3 Å². The maximum Gasteiger partial charge on any atom is 0.193 e. The van der Waals surface area contributed by atoms with Gasteiger partial charge in [0.2, 0.25) is 0 Å². The highest BCUT2D eigenvalue weighted by molar-refractivity contribution is 8.02. The van der Waals surface area contributed by atoms with Crippen molar-refractivity contribution < 1.29 is 0 Å². The van der Waals surface area contributed by atoms with Crippen LogP contribution in [-0.2, 0) is 0 Å². The first-order valence-corrected chi connectivity index (χ1v) is 9.16. The smallest absolute Gasteiger partial charge is 0.193 e. The lowest BCUT2D eigenvalue weighted by molar-refractivity contribution is 0.915. The fourth-order valence-electron chi connectivity index (χ4n) is 1.98. The monoisotopic (exact) mass is 384 g/mol. The number of hydrogen-bond donors (Lipinski definition) is 0. The first-order valence-electron chi connectivity index (χ1n) is 7.15. The second-order valence-corrected chi connectivity index (χ2v) is 7.08. The largest absolute Gasteiger partial charge is 0.236 e. The van der Waals surface area contributed by atoms with Gasteiger partial charge in [-0.25, -0.2) is 29.9 Å². The minimum absolute atomic E-state index is 0.592. The molecule has 0 aliphatic rings. The van der Waals surface area contributed by atoms with Gasteiger partial charge in [-0.05, 0) is 53.9 Å². The van der Waals surface area contributed by atoms with Gasteiger partial charge in [-0.15, -0.1) is 0 Å². The summed E-state index contributed by atoms with van der Waals surface area (Å²) in [7, 11) is 0. The molecule has 0 amide bonds. The summed E-state index contributed by atoms with van der Waals surface area (Å²) >= 11 is 8.76. The van der Waals surface area contributed by atoms with Gasteiger partial charge in [0.25, 0.3) is 0 Å². The number of halogens is 1. The number of hydrogen-bond acceptors (Lipinski definition) is 8. The zero-order valence-corrected chi connectivity index (χ0v) is 15.0. The normalized spacial score (nSPS) is 10.9. The summed E-state index contributed by atoms with van der Waals surface area (Å²) in [5.41, 5.74) is 1.46. The predicted molar refractivity (Wildman–Crippen MR) is 96.9 cm³/mol. The van der Waals surface area contributed by atoms with Crippen molar-refractivity contribution in [2.24, 2.45) is 0 Å². The van der Waals surface area contributed by atoms with Gasteiger partial charge in [-0.2, -0.15) is 0 Å². The molecule has 4 aromatic rings. The van der Waals surface area contributed by atoms with E-state index < -0.39 is 0 Å². The number of benzene rings is 1. The Bertz CT molecular complexity index is 1020. The Labute approximate surface area is 156 Å². The van der Waals surface area contributed by atoms with E-state index >= 15 is 0 Å². The van der Waals surface area contributed by atoms with Crippen molar-refractivity contribution in [2.45, 2.75) is 20.4 Å². The van der Waals surface area contributed by atoms with E-state index in [0.29, 0.717) is 30.9 Å². The molecule has 4 rings (SSSR count). The van der Waals surface area contributed by atoms with Gasteiger partial charge in [-0.3, -0.25) is 0 Å². The van der Waals surface area contributed by atoms with Crippen molar-refractivity contribution in [2.75, 3.05) is 0 Å². The molecule has 0 radical (unpaired) electrons. The van der Waals surface area contributed by atoms with Crippen molar-refractivity contribution in [3.63, 3.8) is 0 Å². The SMILES string of the molecule is Clc1ccc2nc(Sc3ncccn3)c(Sc3ncccn3)nc2c1. The zero-order chi connectivity index (χ0) is 17.1. The molecular weight excluding hydrogens is 376 g/mol. The van der Waals surface area contributed by atoms with Gasteiger partial charge in [0.15, 0.2) is 10.3 Å². The average molecular weight is 385 g/mol. The molecule has 0 unspecified atom stereocenters. The number of rotatable bonds is 4. The van der Waals surface area contributed by atoms with E-state index in [0.717, 1.165) is 5.52 Å². The Kier molecular flexibility index (Phi) is 4.73. The molecule has 9 heteroatoms. The van der Waals surface area contributed by atoms with Gasteiger partial charge in [0.1, 0.15) is 10.1 Å². The summed E-state index contributed by atoms with van der Waals surface area (Å²) in [5, 5.41) is 3.17. The van der Waals surface area contributed by atoms with Crippen molar-refractivity contribution in [1.82, 2.24) is 29.9 Å². The third kappa shape index (κ3) is 3.87. The second-order valence-electron chi connectivity index (χ2n) is 4.73. The molecule has 3 heterocycles. The molecule has 25 heavy (non-hydrogen) atoms. The summed E-state index contributed by atoms with van der Waals surface area (Å²) in [5.74, 6) is 0. The lowest BCUT2D eigenvalue weighted by atomic mass is 10.3. The van der Waals surface area contributed by atoms with Crippen LogP contribution in [0.4, 0.5) is 0 Å². The Balaban J connectivity index is 1.80. The molecule has 1 aromatic carbocycles. The Morgan fingerprint density at radius 2 is 1.20 bits per heavy atom. The van der Waals surface area contributed by atoms with Crippen molar-refractivity contribution >= 4 is 46.2 Å². The fourth-order valence-corrected chi connectivity index (χ4v) is 3.75. The Morgan fingerprint density at radius 3 is 1.76 bits per heavy atom. The summed E-state index contributed by atoms with van der Waals surface area (Å²) < 4.78 is 0. The molecule has 0 fully saturated rings. The van der Waals surface area contributed by atoms with Crippen LogP contribution in [0.15, 0.2) is 75.5 Å². The molecule has 3 aromatic heterocycles.